The maximum atomic E-state index is 13.7. The molecule has 116 valence electrons. The quantitative estimate of drug-likeness (QED) is 0.593. The molecule has 3 rings (SSSR count). The molecule has 0 fully saturated rings. The molecule has 3 heteroatoms. The Morgan fingerprint density at radius 3 is 2.39 bits per heavy atom. The van der Waals surface area contributed by atoms with Crippen LogP contribution in [0.25, 0.3) is 11.8 Å². The molecule has 0 unspecified atom stereocenters. The Bertz CT molecular complexity index is 799. The number of carbonyl (C=O) groups excluding carboxylic acids is 1. The van der Waals surface area contributed by atoms with Crippen molar-refractivity contribution in [1.29, 1.82) is 0 Å². The molecule has 0 spiro atoms. The number of hydrogen-bond acceptors (Lipinski definition) is 2. The van der Waals surface area contributed by atoms with Gasteiger partial charge in [-0.25, -0.2) is 9.18 Å². The topological polar surface area (TPSA) is 26.3 Å². The number of esters is 1. The molecule has 2 aromatic rings. The first-order valence-corrected chi connectivity index (χ1v) is 7.55. The van der Waals surface area contributed by atoms with Crippen LogP contribution in [0.3, 0.4) is 0 Å². The first-order chi connectivity index (χ1) is 11.0. The van der Waals surface area contributed by atoms with Gasteiger partial charge in [0.1, 0.15) is 11.6 Å². The van der Waals surface area contributed by atoms with Gasteiger partial charge in [-0.2, -0.15) is 0 Å². The first-order valence-electron chi connectivity index (χ1n) is 7.55. The third-order valence-electron chi connectivity index (χ3n) is 3.80. The van der Waals surface area contributed by atoms with Crippen LogP contribution in [-0.2, 0) is 9.53 Å². The molecule has 0 aromatic heterocycles. The van der Waals surface area contributed by atoms with Gasteiger partial charge in [-0.1, -0.05) is 56.3 Å². The van der Waals surface area contributed by atoms with Gasteiger partial charge in [0.25, 0.3) is 0 Å². The average molecular weight is 308 g/mol. The molecule has 1 aliphatic rings. The van der Waals surface area contributed by atoms with Crippen LogP contribution >= 0.6 is 0 Å². The second-order valence-corrected chi connectivity index (χ2v) is 5.80. The smallest absolute Gasteiger partial charge is 0.343 e. The molecular formula is C20H17FO2. The molecule has 1 heterocycles. The highest BCUT2D eigenvalue weighted by atomic mass is 19.1. The van der Waals surface area contributed by atoms with Crippen LogP contribution in [0.2, 0.25) is 0 Å². The number of cyclic esters (lactones) is 1. The summed E-state index contributed by atoms with van der Waals surface area (Å²) in [5.74, 6) is 0.112. The third-order valence-corrected chi connectivity index (χ3v) is 3.80. The van der Waals surface area contributed by atoms with Gasteiger partial charge < -0.3 is 4.74 Å². The Balaban J connectivity index is 1.91. The molecule has 2 aromatic carbocycles. The molecule has 2 nitrogen and oxygen atoms in total. The van der Waals surface area contributed by atoms with Gasteiger partial charge >= 0.3 is 5.97 Å². The molecular weight excluding hydrogens is 291 g/mol. The highest BCUT2D eigenvalue weighted by molar-refractivity contribution is 6.05. The van der Waals surface area contributed by atoms with E-state index in [1.165, 1.54) is 17.7 Å². The number of benzene rings is 2. The summed E-state index contributed by atoms with van der Waals surface area (Å²) in [4.78, 5) is 12.0. The summed E-state index contributed by atoms with van der Waals surface area (Å²) in [6, 6.07) is 14.2. The fourth-order valence-corrected chi connectivity index (χ4v) is 2.42. The van der Waals surface area contributed by atoms with E-state index >= 15 is 0 Å². The largest absolute Gasteiger partial charge is 0.422 e. The molecule has 0 saturated carbocycles. The van der Waals surface area contributed by atoms with E-state index in [2.05, 4.69) is 13.8 Å². The molecule has 0 aliphatic carbocycles. The molecule has 0 bridgehead atoms. The van der Waals surface area contributed by atoms with Crippen LogP contribution in [0, 0.1) is 5.82 Å². The van der Waals surface area contributed by atoms with Crippen molar-refractivity contribution in [2.75, 3.05) is 0 Å². The van der Waals surface area contributed by atoms with Crippen LogP contribution in [0.5, 0.6) is 0 Å². The third kappa shape index (κ3) is 3.24. The van der Waals surface area contributed by atoms with Crippen molar-refractivity contribution in [1.82, 2.24) is 0 Å². The predicted molar refractivity (Wildman–Crippen MR) is 89.0 cm³/mol. The van der Waals surface area contributed by atoms with Gasteiger partial charge in [0.2, 0.25) is 0 Å². The second kappa shape index (κ2) is 6.21. The van der Waals surface area contributed by atoms with Crippen molar-refractivity contribution >= 4 is 17.8 Å². The Labute approximate surface area is 134 Å². The standard InChI is InChI=1S/C20H17FO2/c1-13(2)14-7-9-15(10-8-14)19-12-17(20(22)23-19)11-16-5-3-4-6-18(16)21/h3-13H,1-2H3/b17-11-. The van der Waals surface area contributed by atoms with Gasteiger partial charge in [0.15, 0.2) is 0 Å². The fourth-order valence-electron chi connectivity index (χ4n) is 2.42. The zero-order valence-electron chi connectivity index (χ0n) is 13.0. The van der Waals surface area contributed by atoms with Crippen LogP contribution in [0.1, 0.15) is 36.5 Å². The summed E-state index contributed by atoms with van der Waals surface area (Å²) in [6.07, 6.45) is 3.16. The van der Waals surface area contributed by atoms with E-state index in [1.54, 1.807) is 24.3 Å². The second-order valence-electron chi connectivity index (χ2n) is 5.80. The Kier molecular flexibility index (Phi) is 4.11. The van der Waals surface area contributed by atoms with Crippen molar-refractivity contribution in [3.8, 4) is 0 Å². The van der Waals surface area contributed by atoms with Crippen molar-refractivity contribution in [3.63, 3.8) is 0 Å². The molecule has 0 amide bonds. The van der Waals surface area contributed by atoms with Crippen LogP contribution in [-0.4, -0.2) is 5.97 Å². The lowest BCUT2D eigenvalue weighted by molar-refractivity contribution is -0.130. The fraction of sp³-hybridized carbons (Fsp3) is 0.150. The maximum absolute atomic E-state index is 13.7. The molecule has 0 N–H and O–H groups in total. The maximum Gasteiger partial charge on any atom is 0.343 e. The summed E-state index contributed by atoms with van der Waals surface area (Å²) in [5, 5.41) is 0. The zero-order valence-corrected chi connectivity index (χ0v) is 13.0. The van der Waals surface area contributed by atoms with Crippen LogP contribution < -0.4 is 0 Å². The summed E-state index contributed by atoms with van der Waals surface area (Å²) in [5.41, 5.74) is 2.77. The highest BCUT2D eigenvalue weighted by Crippen LogP contribution is 2.28. The Morgan fingerprint density at radius 2 is 1.74 bits per heavy atom. The number of ether oxygens (including phenoxy) is 1. The highest BCUT2D eigenvalue weighted by Gasteiger charge is 2.22. The Morgan fingerprint density at radius 1 is 1.04 bits per heavy atom. The SMILES string of the molecule is CC(C)c1ccc(C2=C/C(=C/c3ccccc3F)C(=O)O2)cc1. The number of carbonyl (C=O) groups is 1. The van der Waals surface area contributed by atoms with Gasteiger partial charge in [-0.3, -0.25) is 0 Å². The van der Waals surface area contributed by atoms with E-state index in [0.717, 1.165) is 5.56 Å². The molecule has 0 saturated heterocycles. The van der Waals surface area contributed by atoms with E-state index in [-0.39, 0.29) is 5.82 Å². The van der Waals surface area contributed by atoms with Gasteiger partial charge in [-0.05, 0) is 29.7 Å². The van der Waals surface area contributed by atoms with E-state index in [1.807, 2.05) is 24.3 Å². The molecule has 23 heavy (non-hydrogen) atoms. The van der Waals surface area contributed by atoms with E-state index in [9.17, 15) is 9.18 Å². The van der Waals surface area contributed by atoms with Gasteiger partial charge in [0, 0.05) is 11.1 Å². The lowest BCUT2D eigenvalue weighted by atomic mass is 10.0. The van der Waals surface area contributed by atoms with E-state index in [0.29, 0.717) is 22.8 Å². The first kappa shape index (κ1) is 15.2. The molecule has 0 radical (unpaired) electrons. The summed E-state index contributed by atoms with van der Waals surface area (Å²) < 4.78 is 19.0. The molecule has 0 atom stereocenters. The zero-order chi connectivity index (χ0) is 16.4. The minimum Gasteiger partial charge on any atom is -0.422 e. The van der Waals surface area contributed by atoms with E-state index in [4.69, 9.17) is 4.74 Å². The Hall–Kier alpha value is -2.68. The lowest BCUT2D eigenvalue weighted by Gasteiger charge is -2.06. The van der Waals surface area contributed by atoms with Crippen molar-refractivity contribution in [2.45, 2.75) is 19.8 Å². The lowest BCUT2D eigenvalue weighted by Crippen LogP contribution is -1.97. The van der Waals surface area contributed by atoms with Crippen molar-refractivity contribution in [2.24, 2.45) is 0 Å². The monoisotopic (exact) mass is 308 g/mol. The van der Waals surface area contributed by atoms with Crippen LogP contribution in [0.4, 0.5) is 4.39 Å². The average Bonchev–Trinajstić information content (AvgIpc) is 2.91. The molecule has 1 aliphatic heterocycles. The normalized spacial score (nSPS) is 15.9. The van der Waals surface area contributed by atoms with Crippen LogP contribution in [0.15, 0.2) is 60.2 Å². The summed E-state index contributed by atoms with van der Waals surface area (Å²) in [7, 11) is 0. The van der Waals surface area contributed by atoms with Gasteiger partial charge in [-0.15, -0.1) is 0 Å². The van der Waals surface area contributed by atoms with Gasteiger partial charge in [0.05, 0.1) is 5.57 Å². The number of hydrogen-bond donors (Lipinski definition) is 0. The van der Waals surface area contributed by atoms with Crippen molar-refractivity contribution in [3.05, 3.63) is 82.7 Å². The number of rotatable bonds is 3. The predicted octanol–water partition coefficient (Wildman–Crippen LogP) is 4.93. The minimum atomic E-state index is -0.462. The summed E-state index contributed by atoms with van der Waals surface area (Å²) in [6.45, 7) is 4.25. The van der Waals surface area contributed by atoms with Crippen molar-refractivity contribution < 1.29 is 13.9 Å². The summed E-state index contributed by atoms with van der Waals surface area (Å²) >= 11 is 0. The number of halogens is 1. The minimum absolute atomic E-state index is 0.345. The van der Waals surface area contributed by atoms with E-state index < -0.39 is 5.97 Å².